The van der Waals surface area contributed by atoms with E-state index in [1.165, 1.54) is 16.3 Å². The summed E-state index contributed by atoms with van der Waals surface area (Å²) in [6.07, 6.45) is 1.42. The number of Topliss-reactive ketones (excluding diaryl/α,β-unsaturated/α-hetero) is 1. The average molecular weight is 354 g/mol. The number of ketones is 1. The van der Waals surface area contributed by atoms with Gasteiger partial charge >= 0.3 is 0 Å². The van der Waals surface area contributed by atoms with E-state index in [1.54, 1.807) is 14.0 Å². The van der Waals surface area contributed by atoms with Gasteiger partial charge in [0.1, 0.15) is 11.5 Å². The summed E-state index contributed by atoms with van der Waals surface area (Å²) >= 11 is 2.30. The van der Waals surface area contributed by atoms with E-state index in [4.69, 9.17) is 4.74 Å². The number of methoxy groups -OCH3 is 1. The summed E-state index contributed by atoms with van der Waals surface area (Å²) in [7, 11) is 1.69. The van der Waals surface area contributed by atoms with Gasteiger partial charge in [-0.2, -0.15) is 0 Å². The molecule has 0 saturated heterocycles. The van der Waals surface area contributed by atoms with Crippen molar-refractivity contribution in [1.82, 2.24) is 0 Å². The predicted molar refractivity (Wildman–Crippen MR) is 82.2 cm³/mol. The number of benzene rings is 2. The van der Waals surface area contributed by atoms with Crippen LogP contribution in [0.1, 0.15) is 18.9 Å². The van der Waals surface area contributed by atoms with Gasteiger partial charge in [0.15, 0.2) is 0 Å². The predicted octanol–water partition coefficient (Wildman–Crippen LogP) is 3.97. The number of fused-ring (bicyclic) bond motifs is 1. The molecule has 2 rings (SSSR count). The van der Waals surface area contributed by atoms with Gasteiger partial charge < -0.3 is 9.53 Å². The molecule has 2 nitrogen and oxygen atoms in total. The van der Waals surface area contributed by atoms with Gasteiger partial charge in [-0.1, -0.05) is 24.3 Å². The second-order valence-corrected chi connectivity index (χ2v) is 5.42. The van der Waals surface area contributed by atoms with Gasteiger partial charge in [0.2, 0.25) is 0 Å². The van der Waals surface area contributed by atoms with Gasteiger partial charge in [-0.3, -0.25) is 0 Å². The molecule has 0 bridgehead atoms. The molecule has 0 unspecified atom stereocenters. The van der Waals surface area contributed by atoms with Crippen LogP contribution in [-0.2, 0) is 11.2 Å². The Balaban J connectivity index is 2.38. The lowest BCUT2D eigenvalue weighted by molar-refractivity contribution is -0.116. The standard InChI is InChI=1S/C15H15IO2/c1-10(17)3-4-11-5-7-13-12(9-11)6-8-14(18-2)15(13)16/h5-9H,3-4H2,1-2H3. The zero-order valence-corrected chi connectivity index (χ0v) is 12.7. The third-order valence-corrected chi connectivity index (χ3v) is 4.08. The van der Waals surface area contributed by atoms with E-state index in [0.717, 1.165) is 15.7 Å². The summed E-state index contributed by atoms with van der Waals surface area (Å²) in [5, 5.41) is 2.39. The summed E-state index contributed by atoms with van der Waals surface area (Å²) in [5.41, 5.74) is 1.21. The molecule has 94 valence electrons. The molecule has 0 spiro atoms. The number of carbonyl (C=O) groups is 1. The fourth-order valence-electron chi connectivity index (χ4n) is 1.95. The van der Waals surface area contributed by atoms with Gasteiger partial charge in [-0.15, -0.1) is 0 Å². The lowest BCUT2D eigenvalue weighted by Gasteiger charge is -2.08. The third-order valence-electron chi connectivity index (χ3n) is 2.97. The van der Waals surface area contributed by atoms with Crippen molar-refractivity contribution in [2.75, 3.05) is 7.11 Å². The van der Waals surface area contributed by atoms with Crippen molar-refractivity contribution in [3.8, 4) is 5.75 Å². The Hall–Kier alpha value is -1.10. The summed E-state index contributed by atoms with van der Waals surface area (Å²) in [5.74, 6) is 1.14. The molecule has 0 fully saturated rings. The highest BCUT2D eigenvalue weighted by Crippen LogP contribution is 2.30. The minimum atomic E-state index is 0.236. The maximum absolute atomic E-state index is 11.0. The lowest BCUT2D eigenvalue weighted by Crippen LogP contribution is -1.94. The summed E-state index contributed by atoms with van der Waals surface area (Å²) in [6, 6.07) is 10.4. The Bertz CT molecular complexity index is 590. The first-order valence-corrected chi connectivity index (χ1v) is 6.94. The third kappa shape index (κ3) is 2.83. The Morgan fingerprint density at radius 3 is 2.72 bits per heavy atom. The highest BCUT2D eigenvalue weighted by Gasteiger charge is 2.06. The van der Waals surface area contributed by atoms with Crippen molar-refractivity contribution < 1.29 is 9.53 Å². The molecule has 0 radical (unpaired) electrons. The summed E-state index contributed by atoms with van der Waals surface area (Å²) in [4.78, 5) is 11.0. The number of halogens is 1. The topological polar surface area (TPSA) is 26.3 Å². The molecule has 0 aromatic heterocycles. The van der Waals surface area contributed by atoms with Gasteiger partial charge in [0.25, 0.3) is 0 Å². The molecule has 18 heavy (non-hydrogen) atoms. The maximum Gasteiger partial charge on any atom is 0.132 e. The van der Waals surface area contributed by atoms with Gasteiger partial charge in [-0.05, 0) is 58.3 Å². The number of aryl methyl sites for hydroxylation is 1. The average Bonchev–Trinajstić information content (AvgIpc) is 2.37. The molecular formula is C15H15IO2. The molecule has 0 atom stereocenters. The molecule has 2 aromatic carbocycles. The fourth-order valence-corrected chi connectivity index (χ4v) is 2.85. The highest BCUT2D eigenvalue weighted by molar-refractivity contribution is 14.1. The Morgan fingerprint density at radius 1 is 1.28 bits per heavy atom. The number of carbonyl (C=O) groups excluding carboxylic acids is 1. The zero-order chi connectivity index (χ0) is 13.1. The molecule has 0 amide bonds. The van der Waals surface area contributed by atoms with E-state index < -0.39 is 0 Å². The van der Waals surface area contributed by atoms with Crippen molar-refractivity contribution in [1.29, 1.82) is 0 Å². The Kier molecular flexibility index (Phi) is 4.22. The second-order valence-electron chi connectivity index (χ2n) is 4.34. The molecule has 3 heteroatoms. The first-order chi connectivity index (χ1) is 8.61. The van der Waals surface area contributed by atoms with Crippen molar-refractivity contribution in [2.45, 2.75) is 19.8 Å². The fraction of sp³-hybridized carbons (Fsp3) is 0.267. The maximum atomic E-state index is 11.0. The van der Waals surface area contributed by atoms with E-state index in [-0.39, 0.29) is 5.78 Å². The van der Waals surface area contributed by atoms with Crippen LogP contribution in [0, 0.1) is 3.57 Å². The van der Waals surface area contributed by atoms with Crippen LogP contribution in [0.15, 0.2) is 30.3 Å². The van der Waals surface area contributed by atoms with Crippen LogP contribution in [0.25, 0.3) is 10.8 Å². The zero-order valence-electron chi connectivity index (χ0n) is 10.5. The van der Waals surface area contributed by atoms with Crippen LogP contribution in [-0.4, -0.2) is 12.9 Å². The van der Waals surface area contributed by atoms with Crippen molar-refractivity contribution in [3.05, 3.63) is 39.5 Å². The van der Waals surface area contributed by atoms with E-state index in [1.807, 2.05) is 6.07 Å². The van der Waals surface area contributed by atoms with Crippen LogP contribution in [0.3, 0.4) is 0 Å². The summed E-state index contributed by atoms with van der Waals surface area (Å²) < 4.78 is 6.44. The highest BCUT2D eigenvalue weighted by atomic mass is 127. The van der Waals surface area contributed by atoms with Crippen LogP contribution in [0.4, 0.5) is 0 Å². The molecular weight excluding hydrogens is 339 g/mol. The van der Waals surface area contributed by atoms with E-state index in [2.05, 4.69) is 46.9 Å². The van der Waals surface area contributed by atoms with Gasteiger partial charge in [0, 0.05) is 6.42 Å². The number of rotatable bonds is 4. The van der Waals surface area contributed by atoms with Crippen molar-refractivity contribution in [2.24, 2.45) is 0 Å². The van der Waals surface area contributed by atoms with Crippen molar-refractivity contribution >= 4 is 39.1 Å². The van der Waals surface area contributed by atoms with Crippen LogP contribution in [0.5, 0.6) is 5.75 Å². The number of ether oxygens (including phenoxy) is 1. The second kappa shape index (κ2) is 5.69. The largest absolute Gasteiger partial charge is 0.496 e. The molecule has 0 aliphatic heterocycles. The molecule has 2 aromatic rings. The minimum Gasteiger partial charge on any atom is -0.496 e. The lowest BCUT2D eigenvalue weighted by atomic mass is 10.0. The Labute approximate surface area is 120 Å². The summed E-state index contributed by atoms with van der Waals surface area (Å²) in [6.45, 7) is 1.63. The SMILES string of the molecule is COc1ccc2cc(CCC(C)=O)ccc2c1I. The van der Waals surface area contributed by atoms with Gasteiger partial charge in [-0.25, -0.2) is 0 Å². The molecule has 0 saturated carbocycles. The molecule has 0 heterocycles. The monoisotopic (exact) mass is 354 g/mol. The van der Waals surface area contributed by atoms with Crippen molar-refractivity contribution in [3.63, 3.8) is 0 Å². The van der Waals surface area contributed by atoms with E-state index in [0.29, 0.717) is 6.42 Å². The first-order valence-electron chi connectivity index (χ1n) is 5.86. The number of hydrogen-bond acceptors (Lipinski definition) is 2. The van der Waals surface area contributed by atoms with E-state index >= 15 is 0 Å². The molecule has 0 aliphatic rings. The van der Waals surface area contributed by atoms with Gasteiger partial charge in [0.05, 0.1) is 10.7 Å². The number of hydrogen-bond donors (Lipinski definition) is 0. The van der Waals surface area contributed by atoms with Crippen LogP contribution in [0.2, 0.25) is 0 Å². The van der Waals surface area contributed by atoms with Crippen LogP contribution < -0.4 is 4.74 Å². The quantitative estimate of drug-likeness (QED) is 0.777. The molecule has 0 aliphatic carbocycles. The van der Waals surface area contributed by atoms with Crippen LogP contribution >= 0.6 is 22.6 Å². The molecule has 0 N–H and O–H groups in total. The Morgan fingerprint density at radius 2 is 2.06 bits per heavy atom. The smallest absolute Gasteiger partial charge is 0.132 e. The van der Waals surface area contributed by atoms with E-state index in [9.17, 15) is 4.79 Å². The minimum absolute atomic E-state index is 0.236. The first kappa shape index (κ1) is 13.3. The normalized spacial score (nSPS) is 10.6.